The SMILES string of the molecule is CC1CCN(c2cccc(NN)n2)CC1O. The Morgan fingerprint density at radius 2 is 2.38 bits per heavy atom. The van der Waals surface area contributed by atoms with Crippen LogP contribution in [0.2, 0.25) is 0 Å². The molecule has 1 fully saturated rings. The summed E-state index contributed by atoms with van der Waals surface area (Å²) < 4.78 is 0. The number of piperidine rings is 1. The number of pyridine rings is 1. The Bertz CT molecular complexity index is 358. The lowest BCUT2D eigenvalue weighted by Crippen LogP contribution is -2.43. The van der Waals surface area contributed by atoms with Crippen LogP contribution in [0.5, 0.6) is 0 Å². The van der Waals surface area contributed by atoms with Gasteiger partial charge >= 0.3 is 0 Å². The van der Waals surface area contributed by atoms with Gasteiger partial charge in [-0.2, -0.15) is 0 Å². The molecule has 0 spiro atoms. The van der Waals surface area contributed by atoms with Gasteiger partial charge in [0, 0.05) is 13.1 Å². The summed E-state index contributed by atoms with van der Waals surface area (Å²) in [6.45, 7) is 3.65. The van der Waals surface area contributed by atoms with Gasteiger partial charge in [-0.1, -0.05) is 13.0 Å². The van der Waals surface area contributed by atoms with Crippen molar-refractivity contribution in [2.24, 2.45) is 11.8 Å². The van der Waals surface area contributed by atoms with Crippen molar-refractivity contribution in [3.05, 3.63) is 18.2 Å². The number of hydrazine groups is 1. The van der Waals surface area contributed by atoms with Gasteiger partial charge in [-0.05, 0) is 24.5 Å². The minimum atomic E-state index is -0.273. The number of hydrogen-bond donors (Lipinski definition) is 3. The summed E-state index contributed by atoms with van der Waals surface area (Å²) in [5.41, 5.74) is 2.53. The van der Waals surface area contributed by atoms with Crippen LogP contribution < -0.4 is 16.2 Å². The van der Waals surface area contributed by atoms with Gasteiger partial charge in [0.25, 0.3) is 0 Å². The van der Waals surface area contributed by atoms with Crippen LogP contribution in [0.3, 0.4) is 0 Å². The predicted molar refractivity (Wildman–Crippen MR) is 64.0 cm³/mol. The van der Waals surface area contributed by atoms with Gasteiger partial charge < -0.3 is 15.4 Å². The van der Waals surface area contributed by atoms with E-state index in [2.05, 4.69) is 22.2 Å². The first-order valence-electron chi connectivity index (χ1n) is 5.57. The molecule has 1 aromatic rings. The summed E-state index contributed by atoms with van der Waals surface area (Å²) in [6.07, 6.45) is 0.716. The number of aliphatic hydroxyl groups excluding tert-OH is 1. The van der Waals surface area contributed by atoms with Crippen molar-refractivity contribution in [3.63, 3.8) is 0 Å². The zero-order valence-electron chi connectivity index (χ0n) is 9.43. The van der Waals surface area contributed by atoms with E-state index in [9.17, 15) is 5.11 Å². The van der Waals surface area contributed by atoms with Crippen molar-refractivity contribution < 1.29 is 5.11 Å². The molecule has 0 saturated carbocycles. The van der Waals surface area contributed by atoms with Crippen molar-refractivity contribution in [3.8, 4) is 0 Å². The fraction of sp³-hybridized carbons (Fsp3) is 0.545. The van der Waals surface area contributed by atoms with Crippen molar-refractivity contribution in [1.82, 2.24) is 4.98 Å². The minimum absolute atomic E-state index is 0.273. The third-order valence-electron chi connectivity index (χ3n) is 3.12. The number of rotatable bonds is 2. The van der Waals surface area contributed by atoms with Gasteiger partial charge in [0.15, 0.2) is 0 Å². The van der Waals surface area contributed by atoms with Crippen molar-refractivity contribution >= 4 is 11.6 Å². The Morgan fingerprint density at radius 3 is 3.06 bits per heavy atom. The largest absolute Gasteiger partial charge is 0.391 e. The zero-order valence-corrected chi connectivity index (χ0v) is 9.43. The summed E-state index contributed by atoms with van der Waals surface area (Å²) in [4.78, 5) is 6.44. The van der Waals surface area contributed by atoms with Crippen LogP contribution in [0.15, 0.2) is 18.2 Å². The van der Waals surface area contributed by atoms with Crippen LogP contribution in [-0.4, -0.2) is 29.3 Å². The highest BCUT2D eigenvalue weighted by Gasteiger charge is 2.24. The van der Waals surface area contributed by atoms with Crippen LogP contribution in [-0.2, 0) is 0 Å². The molecule has 5 nitrogen and oxygen atoms in total. The summed E-state index contributed by atoms with van der Waals surface area (Å²) in [7, 11) is 0. The first-order valence-corrected chi connectivity index (χ1v) is 5.57. The summed E-state index contributed by atoms with van der Waals surface area (Å²) in [5, 5.41) is 9.83. The molecule has 2 unspecified atom stereocenters. The molecule has 5 heteroatoms. The third-order valence-corrected chi connectivity index (χ3v) is 3.12. The van der Waals surface area contributed by atoms with Crippen molar-refractivity contribution in [2.75, 3.05) is 23.4 Å². The van der Waals surface area contributed by atoms with E-state index in [1.807, 2.05) is 18.2 Å². The molecule has 1 aliphatic rings. The number of β-amino-alcohol motifs (C(OH)–C–C–N with tert-alkyl or cyclic N) is 1. The fourth-order valence-corrected chi connectivity index (χ4v) is 1.94. The molecule has 1 saturated heterocycles. The van der Waals surface area contributed by atoms with Crippen LogP contribution >= 0.6 is 0 Å². The average molecular weight is 222 g/mol. The van der Waals surface area contributed by atoms with Gasteiger partial charge in [0.1, 0.15) is 11.6 Å². The number of nitrogen functional groups attached to an aromatic ring is 1. The Balaban J connectivity index is 2.12. The van der Waals surface area contributed by atoms with E-state index in [-0.39, 0.29) is 6.10 Å². The highest BCUT2D eigenvalue weighted by Crippen LogP contribution is 2.22. The normalized spacial score (nSPS) is 25.6. The molecule has 0 aromatic carbocycles. The predicted octanol–water partition coefficient (Wildman–Crippen LogP) is 0.574. The molecule has 0 radical (unpaired) electrons. The maximum absolute atomic E-state index is 9.83. The Hall–Kier alpha value is -1.33. The minimum Gasteiger partial charge on any atom is -0.391 e. The highest BCUT2D eigenvalue weighted by molar-refractivity contribution is 5.46. The molecule has 1 aromatic heterocycles. The quantitative estimate of drug-likeness (QED) is 0.504. The molecular formula is C11H18N4O. The molecule has 0 aliphatic carbocycles. The summed E-state index contributed by atoms with van der Waals surface area (Å²) in [5.74, 6) is 7.19. The van der Waals surface area contributed by atoms with E-state index in [4.69, 9.17) is 5.84 Å². The van der Waals surface area contributed by atoms with E-state index < -0.39 is 0 Å². The zero-order chi connectivity index (χ0) is 11.5. The summed E-state index contributed by atoms with van der Waals surface area (Å²) in [6, 6.07) is 5.65. The monoisotopic (exact) mass is 222 g/mol. The van der Waals surface area contributed by atoms with Gasteiger partial charge in [-0.3, -0.25) is 0 Å². The Labute approximate surface area is 95.2 Å². The second-order valence-corrected chi connectivity index (χ2v) is 4.30. The second kappa shape index (κ2) is 4.67. The number of anilines is 2. The van der Waals surface area contributed by atoms with Crippen molar-refractivity contribution in [2.45, 2.75) is 19.4 Å². The summed E-state index contributed by atoms with van der Waals surface area (Å²) >= 11 is 0. The molecule has 0 bridgehead atoms. The number of hydrogen-bond acceptors (Lipinski definition) is 5. The first-order chi connectivity index (χ1) is 7.70. The molecule has 16 heavy (non-hydrogen) atoms. The van der Waals surface area contributed by atoms with Gasteiger partial charge in [-0.15, -0.1) is 0 Å². The topological polar surface area (TPSA) is 74.4 Å². The lowest BCUT2D eigenvalue weighted by molar-refractivity contribution is 0.102. The van der Waals surface area contributed by atoms with Crippen LogP contribution in [0.1, 0.15) is 13.3 Å². The lowest BCUT2D eigenvalue weighted by atomic mass is 9.96. The number of aromatic nitrogens is 1. The maximum atomic E-state index is 9.83. The van der Waals surface area contributed by atoms with Crippen LogP contribution in [0.4, 0.5) is 11.6 Å². The molecule has 0 amide bonds. The molecule has 2 atom stereocenters. The molecule has 2 heterocycles. The maximum Gasteiger partial charge on any atom is 0.142 e. The molecule has 88 valence electrons. The van der Waals surface area contributed by atoms with Crippen LogP contribution in [0, 0.1) is 5.92 Å². The third kappa shape index (κ3) is 2.25. The van der Waals surface area contributed by atoms with Gasteiger partial charge in [-0.25, -0.2) is 10.8 Å². The standard InChI is InChI=1S/C11H18N4O/c1-8-5-6-15(7-9(8)16)11-4-2-3-10(13-11)14-12/h2-4,8-9,16H,5-7,12H2,1H3,(H,13,14). The van der Waals surface area contributed by atoms with E-state index in [0.29, 0.717) is 18.3 Å². The fourth-order valence-electron chi connectivity index (χ4n) is 1.94. The van der Waals surface area contributed by atoms with E-state index >= 15 is 0 Å². The molecule has 4 N–H and O–H groups in total. The van der Waals surface area contributed by atoms with Gasteiger partial charge in [0.05, 0.1) is 6.10 Å². The number of nitrogens with zero attached hydrogens (tertiary/aromatic N) is 2. The van der Waals surface area contributed by atoms with Gasteiger partial charge in [0.2, 0.25) is 0 Å². The lowest BCUT2D eigenvalue weighted by Gasteiger charge is -2.35. The van der Waals surface area contributed by atoms with Crippen molar-refractivity contribution in [1.29, 1.82) is 0 Å². The number of aliphatic hydroxyl groups is 1. The first kappa shape index (κ1) is 11.2. The Morgan fingerprint density at radius 1 is 1.56 bits per heavy atom. The average Bonchev–Trinajstić information content (AvgIpc) is 2.33. The number of nitrogens with two attached hydrogens (primary N) is 1. The Kier molecular flexibility index (Phi) is 3.26. The molecule has 2 rings (SSSR count). The number of nitrogens with one attached hydrogen (secondary N) is 1. The van der Waals surface area contributed by atoms with E-state index in [0.717, 1.165) is 18.8 Å². The molecular weight excluding hydrogens is 204 g/mol. The van der Waals surface area contributed by atoms with E-state index in [1.54, 1.807) is 0 Å². The van der Waals surface area contributed by atoms with Crippen LogP contribution in [0.25, 0.3) is 0 Å². The molecule has 1 aliphatic heterocycles. The highest BCUT2D eigenvalue weighted by atomic mass is 16.3. The van der Waals surface area contributed by atoms with E-state index in [1.165, 1.54) is 0 Å². The smallest absolute Gasteiger partial charge is 0.142 e. The second-order valence-electron chi connectivity index (χ2n) is 4.30.